The molecule has 1 aliphatic heterocycles. The molecule has 0 aromatic carbocycles. The Labute approximate surface area is 214 Å². The zero-order chi connectivity index (χ0) is 26.7. The number of rotatable bonds is 3. The molecule has 0 aromatic rings. The number of alkyl halides is 2. The Kier molecular flexibility index (Phi) is 7.16. The first-order chi connectivity index (χ1) is 17.0. The van der Waals surface area contributed by atoms with Crippen molar-refractivity contribution in [1.29, 1.82) is 0 Å². The summed E-state index contributed by atoms with van der Waals surface area (Å²) in [6.45, 7) is 13.5. The number of ether oxygens (including phenoxy) is 3. The molecule has 4 aliphatic carbocycles. The van der Waals surface area contributed by atoms with E-state index in [1.54, 1.807) is 19.1 Å². The topological polar surface area (TPSA) is 65.0 Å². The predicted molar refractivity (Wildman–Crippen MR) is 134 cm³/mol. The standard InChI is InChI=1S/C27H38F2O5.C2H6/c1-6-25(32-7-2)33-15-22(31)27(34-25)16(3)12-18-19-13-20(28)17-10-8-9-11-23(17,4)26(19,29)21(30)14-24(18,27)5;1-2/h9-11,16,18-21,30H,6-8,12-15H2,1-5H3;1-2H3/t16-,18-,19-,20-,21-,23-,24-,25?,26-,27-;/m0./s1. The highest BCUT2D eigenvalue weighted by atomic mass is 19.1. The molecule has 1 spiro atoms. The maximum absolute atomic E-state index is 17.3. The maximum atomic E-state index is 17.3. The van der Waals surface area contributed by atoms with Crippen LogP contribution in [0.15, 0.2) is 23.8 Å². The van der Waals surface area contributed by atoms with Crippen LogP contribution in [0.2, 0.25) is 0 Å². The fourth-order valence-electron chi connectivity index (χ4n) is 8.66. The molecule has 204 valence electrons. The van der Waals surface area contributed by atoms with Crippen molar-refractivity contribution in [3.8, 4) is 0 Å². The van der Waals surface area contributed by atoms with Crippen molar-refractivity contribution in [2.45, 2.75) is 110 Å². The van der Waals surface area contributed by atoms with Crippen molar-refractivity contribution in [3.05, 3.63) is 23.8 Å². The van der Waals surface area contributed by atoms with Crippen LogP contribution in [-0.2, 0) is 19.0 Å². The van der Waals surface area contributed by atoms with Gasteiger partial charge >= 0.3 is 0 Å². The lowest BCUT2D eigenvalue weighted by Gasteiger charge is -2.64. The second kappa shape index (κ2) is 9.25. The number of Topliss-reactive ketones (excluding diaryl/α,β-unsaturated/α-hetero) is 1. The number of hydrogen-bond acceptors (Lipinski definition) is 5. The molecule has 5 rings (SSSR count). The van der Waals surface area contributed by atoms with Gasteiger partial charge in [0.05, 0.1) is 6.10 Å². The van der Waals surface area contributed by atoms with Gasteiger partial charge in [-0.25, -0.2) is 8.78 Å². The molecule has 1 heterocycles. The molecule has 5 nitrogen and oxygen atoms in total. The van der Waals surface area contributed by atoms with Gasteiger partial charge in [-0.15, -0.1) is 0 Å². The fraction of sp³-hybridized carbons (Fsp3) is 0.828. The van der Waals surface area contributed by atoms with Gasteiger partial charge in [-0.2, -0.15) is 0 Å². The molecule has 0 aromatic heterocycles. The number of ketones is 1. The van der Waals surface area contributed by atoms with Crippen molar-refractivity contribution in [2.24, 2.45) is 28.6 Å². The summed E-state index contributed by atoms with van der Waals surface area (Å²) in [5, 5.41) is 11.6. The Morgan fingerprint density at radius 1 is 1.19 bits per heavy atom. The highest BCUT2D eigenvalue weighted by Gasteiger charge is 2.78. The lowest BCUT2D eigenvalue weighted by atomic mass is 9.44. The fourth-order valence-corrected chi connectivity index (χ4v) is 8.66. The smallest absolute Gasteiger partial charge is 0.284 e. The molecule has 36 heavy (non-hydrogen) atoms. The summed E-state index contributed by atoms with van der Waals surface area (Å²) >= 11 is 0. The van der Waals surface area contributed by atoms with E-state index in [-0.39, 0.29) is 37.1 Å². The minimum atomic E-state index is -2.02. The van der Waals surface area contributed by atoms with Crippen LogP contribution < -0.4 is 0 Å². The van der Waals surface area contributed by atoms with Gasteiger partial charge in [-0.3, -0.25) is 4.79 Å². The average molecular weight is 511 g/mol. The normalized spacial score (nSPS) is 51.6. The Morgan fingerprint density at radius 3 is 2.53 bits per heavy atom. The van der Waals surface area contributed by atoms with E-state index < -0.39 is 46.3 Å². The number of carbonyl (C=O) groups excluding carboxylic acids is 1. The van der Waals surface area contributed by atoms with Gasteiger partial charge in [0.15, 0.2) is 11.5 Å². The number of allylic oxidation sites excluding steroid dienone is 4. The third-order valence-electron chi connectivity index (χ3n) is 10.2. The molecule has 5 aliphatic rings. The van der Waals surface area contributed by atoms with Gasteiger partial charge in [0, 0.05) is 29.8 Å². The molecule has 4 fully saturated rings. The molecule has 0 amide bonds. The number of carbonyl (C=O) groups is 1. The number of hydrogen-bond donors (Lipinski definition) is 1. The van der Waals surface area contributed by atoms with Crippen LogP contribution in [0, 0.1) is 28.6 Å². The zero-order valence-corrected chi connectivity index (χ0v) is 22.9. The summed E-state index contributed by atoms with van der Waals surface area (Å²) < 4.78 is 51.2. The second-order valence-corrected chi connectivity index (χ2v) is 11.5. The van der Waals surface area contributed by atoms with Crippen LogP contribution >= 0.6 is 0 Å². The van der Waals surface area contributed by atoms with Crippen LogP contribution in [0.3, 0.4) is 0 Å². The highest BCUT2D eigenvalue weighted by Crippen LogP contribution is 2.72. The summed E-state index contributed by atoms with van der Waals surface area (Å²) in [5.41, 5.74) is -4.98. The Balaban J connectivity index is 0.00000148. The van der Waals surface area contributed by atoms with Crippen LogP contribution in [0.25, 0.3) is 0 Å². The van der Waals surface area contributed by atoms with Crippen LogP contribution in [0.1, 0.15) is 80.6 Å². The summed E-state index contributed by atoms with van der Waals surface area (Å²) in [6.07, 6.45) is 4.28. The first kappa shape index (κ1) is 27.9. The lowest BCUT2D eigenvalue weighted by Crippen LogP contribution is -2.73. The Bertz CT molecular complexity index is 937. The highest BCUT2D eigenvalue weighted by molar-refractivity contribution is 5.91. The number of aliphatic hydroxyl groups excluding tert-OH is 1. The lowest BCUT2D eigenvalue weighted by molar-refractivity contribution is -0.435. The number of aliphatic hydroxyl groups is 1. The zero-order valence-electron chi connectivity index (χ0n) is 22.9. The molecule has 1 N–H and O–H groups in total. The average Bonchev–Trinajstić information content (AvgIpc) is 3.07. The molecule has 7 heteroatoms. The van der Waals surface area contributed by atoms with Crippen LogP contribution in [-0.4, -0.2) is 53.6 Å². The molecule has 1 saturated heterocycles. The van der Waals surface area contributed by atoms with Gasteiger partial charge in [0.2, 0.25) is 0 Å². The first-order valence-electron chi connectivity index (χ1n) is 13.9. The van der Waals surface area contributed by atoms with Gasteiger partial charge in [0.1, 0.15) is 18.4 Å². The largest absolute Gasteiger partial charge is 0.390 e. The van der Waals surface area contributed by atoms with Crippen molar-refractivity contribution in [3.63, 3.8) is 0 Å². The van der Waals surface area contributed by atoms with E-state index in [0.29, 0.717) is 31.4 Å². The van der Waals surface area contributed by atoms with Gasteiger partial charge in [-0.05, 0) is 56.9 Å². The molecule has 0 radical (unpaired) electrons. The van der Waals surface area contributed by atoms with E-state index in [9.17, 15) is 9.90 Å². The van der Waals surface area contributed by atoms with Crippen molar-refractivity contribution < 1.29 is 32.9 Å². The van der Waals surface area contributed by atoms with E-state index in [1.807, 2.05) is 47.6 Å². The molecule has 1 unspecified atom stereocenters. The monoisotopic (exact) mass is 510 g/mol. The van der Waals surface area contributed by atoms with E-state index in [0.717, 1.165) is 0 Å². The first-order valence-corrected chi connectivity index (χ1v) is 13.9. The van der Waals surface area contributed by atoms with E-state index >= 15 is 8.78 Å². The molecule has 0 bridgehead atoms. The second-order valence-electron chi connectivity index (χ2n) is 11.5. The van der Waals surface area contributed by atoms with Gasteiger partial charge in [0.25, 0.3) is 5.97 Å². The predicted octanol–water partition coefficient (Wildman–Crippen LogP) is 5.85. The SMILES string of the molecule is CC.CCOC1(CC)OCC(=O)[C@@]2(O1)[C@@H](C)C[C@H]1[C@@H]3C[C@H](F)C4=CCC=C[C@]4(C)[C@@]3(F)[C@@H](O)C[C@@]12C. The van der Waals surface area contributed by atoms with Crippen LogP contribution in [0.5, 0.6) is 0 Å². The van der Waals surface area contributed by atoms with Gasteiger partial charge in [-0.1, -0.05) is 52.8 Å². The van der Waals surface area contributed by atoms with Crippen molar-refractivity contribution in [1.82, 2.24) is 0 Å². The quantitative estimate of drug-likeness (QED) is 0.482. The summed E-state index contributed by atoms with van der Waals surface area (Å²) in [4.78, 5) is 13.6. The molecular formula is C29H44F2O5. The Hall–Kier alpha value is -1.15. The Morgan fingerprint density at radius 2 is 1.89 bits per heavy atom. The molecular weight excluding hydrogens is 466 g/mol. The summed E-state index contributed by atoms with van der Waals surface area (Å²) in [6, 6.07) is 0. The minimum absolute atomic E-state index is 0.000944. The minimum Gasteiger partial charge on any atom is -0.390 e. The molecule has 10 atom stereocenters. The van der Waals surface area contributed by atoms with Crippen molar-refractivity contribution >= 4 is 5.78 Å². The van der Waals surface area contributed by atoms with Crippen LogP contribution in [0.4, 0.5) is 8.78 Å². The van der Waals surface area contributed by atoms with Gasteiger partial charge < -0.3 is 19.3 Å². The van der Waals surface area contributed by atoms with E-state index in [2.05, 4.69) is 0 Å². The number of halogens is 2. The van der Waals surface area contributed by atoms with E-state index in [4.69, 9.17) is 14.2 Å². The third kappa shape index (κ3) is 3.28. The van der Waals surface area contributed by atoms with E-state index in [1.165, 1.54) is 0 Å². The number of fused-ring (bicyclic) bond motifs is 6. The molecule has 3 saturated carbocycles. The summed E-state index contributed by atoms with van der Waals surface area (Å²) in [5.74, 6) is -2.91. The maximum Gasteiger partial charge on any atom is 0.284 e. The summed E-state index contributed by atoms with van der Waals surface area (Å²) in [7, 11) is 0. The van der Waals surface area contributed by atoms with Crippen molar-refractivity contribution in [2.75, 3.05) is 13.2 Å². The third-order valence-corrected chi connectivity index (χ3v) is 10.2.